The number of carbonyl (C=O) groups is 2. The van der Waals surface area contributed by atoms with Gasteiger partial charge in [0.2, 0.25) is 0 Å². The van der Waals surface area contributed by atoms with Gasteiger partial charge in [0, 0.05) is 37.4 Å². The Labute approximate surface area is 176 Å². The van der Waals surface area contributed by atoms with E-state index in [1.54, 1.807) is 15.2 Å². The average Bonchev–Trinajstić information content (AvgIpc) is 3.41. The van der Waals surface area contributed by atoms with Gasteiger partial charge < -0.3 is 14.5 Å². The number of rotatable bonds is 4. The van der Waals surface area contributed by atoms with Crippen LogP contribution < -0.4 is 0 Å². The summed E-state index contributed by atoms with van der Waals surface area (Å²) in [5, 5.41) is 5.41. The number of piperidine rings is 1. The molecule has 2 amide bonds. The summed E-state index contributed by atoms with van der Waals surface area (Å²) in [6.07, 6.45) is 3.56. The van der Waals surface area contributed by atoms with Crippen LogP contribution in [0.25, 0.3) is 0 Å². The first-order valence-electron chi connectivity index (χ1n) is 9.77. The van der Waals surface area contributed by atoms with Crippen molar-refractivity contribution in [1.82, 2.24) is 19.4 Å². The number of hydrogen-bond acceptors (Lipinski definition) is 6. The van der Waals surface area contributed by atoms with Crippen LogP contribution in [0.3, 0.4) is 0 Å². The zero-order chi connectivity index (χ0) is 21.5. The Morgan fingerprint density at radius 2 is 2.07 bits per heavy atom. The Hall–Kier alpha value is -2.46. The third kappa shape index (κ3) is 3.69. The van der Waals surface area contributed by atoms with E-state index in [0.717, 1.165) is 30.6 Å². The molecule has 3 saturated heterocycles. The lowest BCUT2D eigenvalue weighted by atomic mass is 9.89. The maximum atomic E-state index is 13.9. The zero-order valence-electron chi connectivity index (χ0n) is 16.5. The van der Waals surface area contributed by atoms with Crippen LogP contribution in [0.1, 0.15) is 43.1 Å². The third-order valence-corrected chi connectivity index (χ3v) is 6.35. The van der Waals surface area contributed by atoms with E-state index in [1.165, 1.54) is 0 Å². The van der Waals surface area contributed by atoms with Gasteiger partial charge >= 0.3 is 0 Å². The highest BCUT2D eigenvalue weighted by Gasteiger charge is 2.58. The molecule has 3 aliphatic heterocycles. The van der Waals surface area contributed by atoms with E-state index < -0.39 is 17.3 Å². The van der Waals surface area contributed by atoms with Gasteiger partial charge in [-0.2, -0.15) is 0 Å². The Balaban J connectivity index is 1.44. The molecule has 2 atom stereocenters. The SMILES string of the molecule is C=C(/C=C(F)\C=C(/C)F)[C@@H]1CC[C@H]2OC3(CCN(C(=O)c4csnn4)CC3)C(=O)N21. The van der Waals surface area contributed by atoms with Crippen molar-refractivity contribution in [3.63, 3.8) is 0 Å². The number of halogens is 2. The molecule has 10 heteroatoms. The molecule has 0 unspecified atom stereocenters. The highest BCUT2D eigenvalue weighted by Crippen LogP contribution is 2.44. The molecule has 0 radical (unpaired) electrons. The molecule has 4 rings (SSSR count). The summed E-state index contributed by atoms with van der Waals surface area (Å²) in [5.74, 6) is -1.73. The molecule has 30 heavy (non-hydrogen) atoms. The van der Waals surface area contributed by atoms with E-state index >= 15 is 0 Å². The summed E-state index contributed by atoms with van der Waals surface area (Å²) in [6.45, 7) is 5.81. The predicted molar refractivity (Wildman–Crippen MR) is 106 cm³/mol. The lowest BCUT2D eigenvalue weighted by Gasteiger charge is -2.37. The number of carbonyl (C=O) groups excluding carboxylic acids is 2. The largest absolute Gasteiger partial charge is 0.342 e. The van der Waals surface area contributed by atoms with Gasteiger partial charge in [-0.3, -0.25) is 9.59 Å². The number of aromatic nitrogens is 2. The summed E-state index contributed by atoms with van der Waals surface area (Å²) < 4.78 is 36.7. The van der Waals surface area contributed by atoms with E-state index in [4.69, 9.17) is 4.74 Å². The van der Waals surface area contributed by atoms with Gasteiger partial charge in [0.05, 0.1) is 11.9 Å². The zero-order valence-corrected chi connectivity index (χ0v) is 17.3. The van der Waals surface area contributed by atoms with Gasteiger partial charge in [0.15, 0.2) is 11.3 Å². The smallest absolute Gasteiger partial charge is 0.275 e. The maximum Gasteiger partial charge on any atom is 0.275 e. The minimum atomic E-state index is -0.974. The Morgan fingerprint density at radius 3 is 2.70 bits per heavy atom. The van der Waals surface area contributed by atoms with Crippen LogP contribution in [0, 0.1) is 0 Å². The second-order valence-corrected chi connectivity index (χ2v) is 8.40. The first kappa shape index (κ1) is 20.8. The van der Waals surface area contributed by atoms with Crippen LogP contribution in [-0.2, 0) is 9.53 Å². The molecule has 3 aliphatic rings. The van der Waals surface area contributed by atoms with Crippen molar-refractivity contribution in [2.45, 2.75) is 50.5 Å². The minimum Gasteiger partial charge on any atom is -0.342 e. The molecule has 160 valence electrons. The number of likely N-dealkylation sites (tertiary alicyclic amines) is 1. The highest BCUT2D eigenvalue weighted by atomic mass is 32.1. The molecule has 1 aromatic heterocycles. The molecule has 0 aliphatic carbocycles. The molecular weight excluding hydrogens is 414 g/mol. The average molecular weight is 436 g/mol. The fourth-order valence-corrected chi connectivity index (χ4v) is 4.84. The predicted octanol–water partition coefficient (Wildman–Crippen LogP) is 3.14. The van der Waals surface area contributed by atoms with Gasteiger partial charge in [0.25, 0.3) is 11.8 Å². The lowest BCUT2D eigenvalue weighted by molar-refractivity contribution is -0.142. The van der Waals surface area contributed by atoms with Crippen LogP contribution >= 0.6 is 11.5 Å². The van der Waals surface area contributed by atoms with Crippen molar-refractivity contribution in [2.75, 3.05) is 13.1 Å². The molecule has 0 aromatic carbocycles. The van der Waals surface area contributed by atoms with E-state index in [1.807, 2.05) is 0 Å². The van der Waals surface area contributed by atoms with Crippen molar-refractivity contribution in [3.05, 3.63) is 47.0 Å². The Bertz CT molecular complexity index is 918. The van der Waals surface area contributed by atoms with E-state index in [-0.39, 0.29) is 24.1 Å². The van der Waals surface area contributed by atoms with Crippen LogP contribution in [0.4, 0.5) is 8.78 Å². The quantitative estimate of drug-likeness (QED) is 0.678. The molecule has 3 fully saturated rings. The number of hydrogen-bond donors (Lipinski definition) is 0. The standard InChI is InChI=1S/C20H22F2N4O3S/c1-12(9-14(22)10-13(2)21)16-3-4-17-26(16)19(28)20(29-17)5-7-25(8-6-20)18(27)15-11-30-24-23-15/h9-11,16-17H,1,3-8H2,2H3/b13-10+,14-9+/t16-,17+/m0/s1. The summed E-state index contributed by atoms with van der Waals surface area (Å²) in [4.78, 5) is 29.1. The van der Waals surface area contributed by atoms with Gasteiger partial charge in [-0.15, -0.1) is 5.10 Å². The molecule has 1 aromatic rings. The van der Waals surface area contributed by atoms with Gasteiger partial charge in [-0.1, -0.05) is 11.1 Å². The molecule has 7 nitrogen and oxygen atoms in total. The van der Waals surface area contributed by atoms with E-state index in [2.05, 4.69) is 16.2 Å². The second kappa shape index (κ2) is 7.99. The van der Waals surface area contributed by atoms with Crippen molar-refractivity contribution in [2.24, 2.45) is 0 Å². The summed E-state index contributed by atoms with van der Waals surface area (Å²) >= 11 is 1.11. The number of ether oxygens (including phenoxy) is 1. The summed E-state index contributed by atoms with van der Waals surface area (Å²) in [5.41, 5.74) is -0.263. The fraction of sp³-hybridized carbons (Fsp3) is 0.500. The van der Waals surface area contributed by atoms with Crippen molar-refractivity contribution in [1.29, 1.82) is 0 Å². The van der Waals surface area contributed by atoms with Crippen molar-refractivity contribution in [3.8, 4) is 0 Å². The summed E-state index contributed by atoms with van der Waals surface area (Å²) in [7, 11) is 0. The number of allylic oxidation sites excluding steroid dienone is 3. The normalized spacial score (nSPS) is 26.4. The Morgan fingerprint density at radius 1 is 1.33 bits per heavy atom. The first-order chi connectivity index (χ1) is 14.3. The molecule has 0 N–H and O–H groups in total. The van der Waals surface area contributed by atoms with Gasteiger partial charge in [-0.25, -0.2) is 8.78 Å². The molecule has 0 bridgehead atoms. The molecule has 0 saturated carbocycles. The van der Waals surface area contributed by atoms with Crippen molar-refractivity contribution >= 4 is 23.3 Å². The monoisotopic (exact) mass is 436 g/mol. The molecule has 4 heterocycles. The van der Waals surface area contributed by atoms with E-state index in [0.29, 0.717) is 50.0 Å². The number of amides is 2. The third-order valence-electron chi connectivity index (χ3n) is 5.84. The summed E-state index contributed by atoms with van der Waals surface area (Å²) in [6, 6.07) is -0.387. The van der Waals surface area contributed by atoms with Crippen LogP contribution in [0.2, 0.25) is 0 Å². The minimum absolute atomic E-state index is 0.149. The molecular formula is C20H22F2N4O3S. The van der Waals surface area contributed by atoms with Crippen LogP contribution in [0.15, 0.2) is 41.3 Å². The fourth-order valence-electron chi connectivity index (χ4n) is 4.40. The van der Waals surface area contributed by atoms with Crippen molar-refractivity contribution < 1.29 is 23.1 Å². The highest BCUT2D eigenvalue weighted by molar-refractivity contribution is 7.03. The topological polar surface area (TPSA) is 75.6 Å². The number of nitrogens with zero attached hydrogens (tertiary/aromatic N) is 4. The van der Waals surface area contributed by atoms with Crippen LogP contribution in [-0.4, -0.2) is 62.2 Å². The molecule has 1 spiro atoms. The number of fused-ring (bicyclic) bond motifs is 1. The van der Waals surface area contributed by atoms with Gasteiger partial charge in [-0.05, 0) is 42.9 Å². The Kier molecular flexibility index (Phi) is 5.54. The van der Waals surface area contributed by atoms with E-state index in [9.17, 15) is 18.4 Å². The lowest BCUT2D eigenvalue weighted by Crippen LogP contribution is -2.52. The van der Waals surface area contributed by atoms with Gasteiger partial charge in [0.1, 0.15) is 12.1 Å². The maximum absolute atomic E-state index is 13.9. The second-order valence-electron chi connectivity index (χ2n) is 7.79. The first-order valence-corrected chi connectivity index (χ1v) is 10.6. The van der Waals surface area contributed by atoms with Crippen LogP contribution in [0.5, 0.6) is 0 Å².